The molecule has 0 aromatic heterocycles. The zero-order valence-electron chi connectivity index (χ0n) is 9.33. The number of halogens is 1. The van der Waals surface area contributed by atoms with Crippen LogP contribution in [0.15, 0.2) is 18.2 Å². The summed E-state index contributed by atoms with van der Waals surface area (Å²) in [5, 5.41) is 1.00. The van der Waals surface area contributed by atoms with E-state index >= 15 is 0 Å². The van der Waals surface area contributed by atoms with Crippen molar-refractivity contribution >= 4 is 11.6 Å². The third-order valence-electron chi connectivity index (χ3n) is 4.34. The van der Waals surface area contributed by atoms with Crippen LogP contribution in [-0.4, -0.2) is 0 Å². The quantitative estimate of drug-likeness (QED) is 0.650. The Morgan fingerprint density at radius 1 is 1.20 bits per heavy atom. The first-order chi connectivity index (χ1) is 7.20. The Labute approximate surface area is 96.6 Å². The molecule has 1 fully saturated rings. The predicted molar refractivity (Wildman–Crippen MR) is 64.5 cm³/mol. The van der Waals surface area contributed by atoms with Gasteiger partial charge in [-0.1, -0.05) is 37.6 Å². The van der Waals surface area contributed by atoms with Crippen LogP contribution in [0.4, 0.5) is 0 Å². The molecular formula is C14H17Cl. The van der Waals surface area contributed by atoms with Crippen LogP contribution in [0.2, 0.25) is 5.02 Å². The highest BCUT2D eigenvalue weighted by Crippen LogP contribution is 2.60. The molecule has 0 nitrogen and oxygen atoms in total. The van der Waals surface area contributed by atoms with Crippen LogP contribution in [0.3, 0.4) is 0 Å². The first-order valence-electron chi connectivity index (χ1n) is 5.98. The predicted octanol–water partition coefficient (Wildman–Crippen LogP) is 4.59. The molecule has 1 saturated carbocycles. The summed E-state index contributed by atoms with van der Waals surface area (Å²) >= 11 is 6.33. The first kappa shape index (κ1) is 9.72. The van der Waals surface area contributed by atoms with Gasteiger partial charge in [0.05, 0.1) is 0 Å². The van der Waals surface area contributed by atoms with E-state index in [4.69, 9.17) is 11.6 Å². The summed E-state index contributed by atoms with van der Waals surface area (Å²) in [5.74, 6) is 3.17. The molecule has 3 atom stereocenters. The van der Waals surface area contributed by atoms with Crippen molar-refractivity contribution in [3.8, 4) is 0 Å². The molecule has 2 aliphatic carbocycles. The van der Waals surface area contributed by atoms with Gasteiger partial charge in [0.25, 0.3) is 0 Å². The molecule has 2 bridgehead atoms. The lowest BCUT2D eigenvalue weighted by atomic mass is 9.85. The van der Waals surface area contributed by atoms with Gasteiger partial charge < -0.3 is 0 Å². The fourth-order valence-electron chi connectivity index (χ4n) is 3.92. The van der Waals surface area contributed by atoms with E-state index in [-0.39, 0.29) is 0 Å². The van der Waals surface area contributed by atoms with Crippen molar-refractivity contribution in [2.24, 2.45) is 11.8 Å². The van der Waals surface area contributed by atoms with Gasteiger partial charge in [0.1, 0.15) is 0 Å². The highest BCUT2D eigenvalue weighted by molar-refractivity contribution is 6.31. The standard InChI is InChI=1S/C14H17Cl/c1-8(2)13-10-6-7-11(13)14-9(10)4-3-5-12(14)15/h3-5,8,10-11,13H,6-7H2,1-2H3/t10-,11-,13?/m1/s1. The molecular weight excluding hydrogens is 204 g/mol. The molecule has 1 heteroatoms. The number of benzene rings is 1. The van der Waals surface area contributed by atoms with E-state index in [9.17, 15) is 0 Å². The highest BCUT2D eigenvalue weighted by atomic mass is 35.5. The third-order valence-corrected chi connectivity index (χ3v) is 4.67. The van der Waals surface area contributed by atoms with Gasteiger partial charge in [0, 0.05) is 5.02 Å². The lowest BCUT2D eigenvalue weighted by Gasteiger charge is -2.20. The normalized spacial score (nSPS) is 32.4. The average Bonchev–Trinajstić information content (AvgIpc) is 2.73. The fourth-order valence-corrected chi connectivity index (χ4v) is 4.24. The van der Waals surface area contributed by atoms with Crippen molar-refractivity contribution in [3.05, 3.63) is 34.3 Å². The SMILES string of the molecule is CC(C)C1[C@@H]2CC[C@H]1c1c(Cl)cccc12. The topological polar surface area (TPSA) is 0 Å². The molecule has 0 amide bonds. The van der Waals surface area contributed by atoms with Crippen LogP contribution in [-0.2, 0) is 0 Å². The summed E-state index contributed by atoms with van der Waals surface area (Å²) in [6, 6.07) is 6.46. The average molecular weight is 221 g/mol. The maximum atomic E-state index is 6.33. The van der Waals surface area contributed by atoms with Crippen LogP contribution in [0.1, 0.15) is 49.7 Å². The molecule has 0 aliphatic heterocycles. The zero-order chi connectivity index (χ0) is 10.6. The monoisotopic (exact) mass is 220 g/mol. The molecule has 0 heterocycles. The summed E-state index contributed by atoms with van der Waals surface area (Å²) in [7, 11) is 0. The Hall–Kier alpha value is -0.490. The number of fused-ring (bicyclic) bond motifs is 5. The summed E-state index contributed by atoms with van der Waals surface area (Å²) < 4.78 is 0. The van der Waals surface area contributed by atoms with Gasteiger partial charge in [0.15, 0.2) is 0 Å². The zero-order valence-corrected chi connectivity index (χ0v) is 10.1. The van der Waals surface area contributed by atoms with Crippen LogP contribution < -0.4 is 0 Å². The van der Waals surface area contributed by atoms with Crippen LogP contribution in [0.25, 0.3) is 0 Å². The van der Waals surface area contributed by atoms with E-state index in [1.807, 2.05) is 0 Å². The minimum Gasteiger partial charge on any atom is -0.0840 e. The Morgan fingerprint density at radius 3 is 2.60 bits per heavy atom. The van der Waals surface area contributed by atoms with E-state index in [2.05, 4.69) is 32.0 Å². The second-order valence-electron chi connectivity index (χ2n) is 5.35. The number of hydrogen-bond donors (Lipinski definition) is 0. The lowest BCUT2D eigenvalue weighted by molar-refractivity contribution is 0.352. The van der Waals surface area contributed by atoms with Crippen LogP contribution >= 0.6 is 11.6 Å². The molecule has 0 N–H and O–H groups in total. The minimum atomic E-state index is 0.749. The smallest absolute Gasteiger partial charge is 0.0443 e. The maximum absolute atomic E-state index is 6.33. The fraction of sp³-hybridized carbons (Fsp3) is 0.571. The van der Waals surface area contributed by atoms with Crippen LogP contribution in [0.5, 0.6) is 0 Å². The van der Waals surface area contributed by atoms with Crippen LogP contribution in [0, 0.1) is 11.8 Å². The molecule has 1 unspecified atom stereocenters. The first-order valence-corrected chi connectivity index (χ1v) is 6.36. The molecule has 2 aliphatic rings. The molecule has 15 heavy (non-hydrogen) atoms. The number of rotatable bonds is 1. The van der Waals surface area contributed by atoms with Crippen molar-refractivity contribution in [1.29, 1.82) is 0 Å². The summed E-state index contributed by atoms with van der Waals surface area (Å²) in [4.78, 5) is 0. The van der Waals surface area contributed by atoms with E-state index in [1.54, 1.807) is 5.56 Å². The lowest BCUT2D eigenvalue weighted by Crippen LogP contribution is -2.11. The molecule has 1 aromatic carbocycles. The van der Waals surface area contributed by atoms with E-state index in [1.165, 1.54) is 18.4 Å². The summed E-state index contributed by atoms with van der Waals surface area (Å²) in [5.41, 5.74) is 3.03. The largest absolute Gasteiger partial charge is 0.0840 e. The van der Waals surface area contributed by atoms with E-state index in [0.29, 0.717) is 0 Å². The van der Waals surface area contributed by atoms with Crippen molar-refractivity contribution < 1.29 is 0 Å². The highest BCUT2D eigenvalue weighted by Gasteiger charge is 2.47. The molecule has 0 saturated heterocycles. The van der Waals surface area contributed by atoms with Gasteiger partial charge in [-0.3, -0.25) is 0 Å². The summed E-state index contributed by atoms with van der Waals surface area (Å²) in [6.45, 7) is 4.71. The van der Waals surface area contributed by atoms with Gasteiger partial charge in [-0.15, -0.1) is 0 Å². The Kier molecular flexibility index (Phi) is 2.10. The number of hydrogen-bond acceptors (Lipinski definition) is 0. The molecule has 1 aromatic rings. The van der Waals surface area contributed by atoms with Gasteiger partial charge in [-0.25, -0.2) is 0 Å². The van der Waals surface area contributed by atoms with Gasteiger partial charge in [-0.05, 0) is 53.7 Å². The van der Waals surface area contributed by atoms with Crippen molar-refractivity contribution in [2.45, 2.75) is 38.5 Å². The van der Waals surface area contributed by atoms with Crippen molar-refractivity contribution in [1.82, 2.24) is 0 Å². The van der Waals surface area contributed by atoms with E-state index < -0.39 is 0 Å². The van der Waals surface area contributed by atoms with Crippen molar-refractivity contribution in [3.63, 3.8) is 0 Å². The van der Waals surface area contributed by atoms with Gasteiger partial charge in [0.2, 0.25) is 0 Å². The Balaban J connectivity index is 2.13. The molecule has 0 spiro atoms. The Bertz CT molecular complexity index is 394. The summed E-state index contributed by atoms with van der Waals surface area (Å²) in [6.07, 6.45) is 2.73. The molecule has 80 valence electrons. The second-order valence-corrected chi connectivity index (χ2v) is 5.76. The van der Waals surface area contributed by atoms with E-state index in [0.717, 1.165) is 28.7 Å². The third kappa shape index (κ3) is 1.21. The van der Waals surface area contributed by atoms with Crippen molar-refractivity contribution in [2.75, 3.05) is 0 Å². The maximum Gasteiger partial charge on any atom is 0.0443 e. The molecule has 0 radical (unpaired) electrons. The second kappa shape index (κ2) is 3.25. The molecule has 3 rings (SSSR count). The van der Waals surface area contributed by atoms with Gasteiger partial charge in [-0.2, -0.15) is 0 Å². The van der Waals surface area contributed by atoms with Gasteiger partial charge >= 0.3 is 0 Å². The minimum absolute atomic E-state index is 0.749. The Morgan fingerprint density at radius 2 is 1.93 bits per heavy atom.